The standard InChI is InChI=1S/C13H10Cl2FNO/c14-11-5-10(6-12(15)13(11)18)17-7-8-2-1-3-9(16)4-8/h1-6,17-18H,7H2. The Morgan fingerprint density at radius 1 is 1.11 bits per heavy atom. The maximum absolute atomic E-state index is 13.0. The van der Waals surface area contributed by atoms with Gasteiger partial charge in [-0.2, -0.15) is 0 Å². The summed E-state index contributed by atoms with van der Waals surface area (Å²) < 4.78 is 13.0. The molecule has 0 saturated carbocycles. The van der Waals surface area contributed by atoms with Crippen molar-refractivity contribution in [3.8, 4) is 5.75 Å². The van der Waals surface area contributed by atoms with Gasteiger partial charge in [-0.15, -0.1) is 0 Å². The van der Waals surface area contributed by atoms with Crippen molar-refractivity contribution in [3.05, 3.63) is 57.8 Å². The van der Waals surface area contributed by atoms with Crippen LogP contribution in [0.25, 0.3) is 0 Å². The van der Waals surface area contributed by atoms with Crippen molar-refractivity contribution in [1.29, 1.82) is 0 Å². The predicted octanol–water partition coefficient (Wildman–Crippen LogP) is 4.45. The van der Waals surface area contributed by atoms with Crippen molar-refractivity contribution in [2.75, 3.05) is 5.32 Å². The molecule has 0 aliphatic carbocycles. The number of halogens is 3. The first-order valence-corrected chi connectivity index (χ1v) is 5.98. The van der Waals surface area contributed by atoms with E-state index in [4.69, 9.17) is 23.2 Å². The van der Waals surface area contributed by atoms with Gasteiger partial charge in [-0.25, -0.2) is 4.39 Å². The molecule has 18 heavy (non-hydrogen) atoms. The molecule has 0 bridgehead atoms. The number of phenolic OH excluding ortho intramolecular Hbond substituents is 1. The molecule has 0 saturated heterocycles. The van der Waals surface area contributed by atoms with Crippen LogP contribution in [0.2, 0.25) is 10.0 Å². The highest BCUT2D eigenvalue weighted by molar-refractivity contribution is 6.37. The SMILES string of the molecule is Oc1c(Cl)cc(NCc2cccc(F)c2)cc1Cl. The highest BCUT2D eigenvalue weighted by atomic mass is 35.5. The first-order chi connectivity index (χ1) is 8.56. The topological polar surface area (TPSA) is 32.3 Å². The van der Waals surface area contributed by atoms with Crippen molar-refractivity contribution in [3.63, 3.8) is 0 Å². The summed E-state index contributed by atoms with van der Waals surface area (Å²) in [5.41, 5.74) is 1.46. The van der Waals surface area contributed by atoms with Crippen molar-refractivity contribution >= 4 is 28.9 Å². The fourth-order valence-electron chi connectivity index (χ4n) is 1.52. The van der Waals surface area contributed by atoms with E-state index >= 15 is 0 Å². The molecule has 2 nitrogen and oxygen atoms in total. The second kappa shape index (κ2) is 5.46. The first kappa shape index (κ1) is 13.0. The smallest absolute Gasteiger partial charge is 0.152 e. The summed E-state index contributed by atoms with van der Waals surface area (Å²) in [5, 5.41) is 12.8. The molecule has 0 atom stereocenters. The van der Waals surface area contributed by atoms with E-state index in [1.165, 1.54) is 12.1 Å². The van der Waals surface area contributed by atoms with Gasteiger partial charge in [0.05, 0.1) is 10.0 Å². The van der Waals surface area contributed by atoms with E-state index in [-0.39, 0.29) is 21.6 Å². The molecule has 5 heteroatoms. The zero-order valence-corrected chi connectivity index (χ0v) is 10.8. The number of benzene rings is 2. The van der Waals surface area contributed by atoms with Crippen LogP contribution in [0.3, 0.4) is 0 Å². The Hall–Kier alpha value is -1.45. The fourth-order valence-corrected chi connectivity index (χ4v) is 2.01. The van der Waals surface area contributed by atoms with Gasteiger partial charge >= 0.3 is 0 Å². The lowest BCUT2D eigenvalue weighted by molar-refractivity contribution is 0.476. The van der Waals surface area contributed by atoms with E-state index in [1.54, 1.807) is 24.3 Å². The summed E-state index contributed by atoms with van der Waals surface area (Å²) in [5.74, 6) is -0.425. The molecule has 0 aliphatic rings. The number of phenols is 1. The Kier molecular flexibility index (Phi) is 3.94. The third-order valence-electron chi connectivity index (χ3n) is 2.40. The third-order valence-corrected chi connectivity index (χ3v) is 2.98. The van der Waals surface area contributed by atoms with Crippen molar-refractivity contribution < 1.29 is 9.50 Å². The van der Waals surface area contributed by atoms with Crippen LogP contribution in [0, 0.1) is 5.82 Å². The van der Waals surface area contributed by atoms with Gasteiger partial charge in [0.25, 0.3) is 0 Å². The second-order valence-electron chi connectivity index (χ2n) is 3.77. The zero-order valence-electron chi connectivity index (χ0n) is 9.25. The van der Waals surface area contributed by atoms with Gasteiger partial charge in [-0.1, -0.05) is 35.3 Å². The maximum atomic E-state index is 13.0. The van der Waals surface area contributed by atoms with E-state index < -0.39 is 0 Å². The monoisotopic (exact) mass is 285 g/mol. The van der Waals surface area contributed by atoms with Gasteiger partial charge in [-0.05, 0) is 29.8 Å². The lowest BCUT2D eigenvalue weighted by Gasteiger charge is -2.09. The summed E-state index contributed by atoms with van der Waals surface area (Å²) in [6, 6.07) is 9.39. The van der Waals surface area contributed by atoms with Crippen LogP contribution in [-0.4, -0.2) is 5.11 Å². The van der Waals surface area contributed by atoms with Gasteiger partial charge < -0.3 is 10.4 Å². The van der Waals surface area contributed by atoms with Crippen LogP contribution in [0.4, 0.5) is 10.1 Å². The molecular weight excluding hydrogens is 276 g/mol. The molecule has 0 heterocycles. The number of hydrogen-bond donors (Lipinski definition) is 2. The highest BCUT2D eigenvalue weighted by Gasteiger charge is 2.06. The highest BCUT2D eigenvalue weighted by Crippen LogP contribution is 2.34. The number of aromatic hydroxyl groups is 1. The van der Waals surface area contributed by atoms with Crippen molar-refractivity contribution in [1.82, 2.24) is 0 Å². The molecule has 0 aliphatic heterocycles. The minimum Gasteiger partial charge on any atom is -0.505 e. The normalized spacial score (nSPS) is 10.4. The Morgan fingerprint density at radius 2 is 1.78 bits per heavy atom. The molecule has 0 aromatic heterocycles. The van der Waals surface area contributed by atoms with Crippen LogP contribution in [0.1, 0.15) is 5.56 Å². The molecule has 2 rings (SSSR count). The minimum atomic E-state index is -0.281. The van der Waals surface area contributed by atoms with Crippen LogP contribution in [0.15, 0.2) is 36.4 Å². The molecule has 2 N–H and O–H groups in total. The maximum Gasteiger partial charge on any atom is 0.152 e. The predicted molar refractivity (Wildman–Crippen MR) is 71.9 cm³/mol. The molecule has 0 amide bonds. The van der Waals surface area contributed by atoms with Gasteiger partial charge in [0.2, 0.25) is 0 Å². The molecule has 2 aromatic rings. The zero-order chi connectivity index (χ0) is 13.1. The van der Waals surface area contributed by atoms with Crippen LogP contribution in [0.5, 0.6) is 5.75 Å². The Balaban J connectivity index is 2.11. The summed E-state index contributed by atoms with van der Waals surface area (Å²) in [6.45, 7) is 0.440. The van der Waals surface area contributed by atoms with E-state index in [9.17, 15) is 9.50 Å². The van der Waals surface area contributed by atoms with Gasteiger partial charge in [-0.3, -0.25) is 0 Å². The summed E-state index contributed by atoms with van der Waals surface area (Å²) >= 11 is 11.6. The molecule has 0 radical (unpaired) electrons. The van der Waals surface area contributed by atoms with E-state index in [0.717, 1.165) is 5.56 Å². The summed E-state index contributed by atoms with van der Waals surface area (Å²) in [7, 11) is 0. The molecule has 0 spiro atoms. The van der Waals surface area contributed by atoms with Gasteiger partial charge in [0.15, 0.2) is 5.75 Å². The van der Waals surface area contributed by atoms with Crippen molar-refractivity contribution in [2.24, 2.45) is 0 Å². The first-order valence-electron chi connectivity index (χ1n) is 5.22. The van der Waals surface area contributed by atoms with Crippen LogP contribution in [-0.2, 0) is 6.54 Å². The lowest BCUT2D eigenvalue weighted by atomic mass is 10.2. The van der Waals surface area contributed by atoms with E-state index in [0.29, 0.717) is 12.2 Å². The number of anilines is 1. The van der Waals surface area contributed by atoms with Crippen molar-refractivity contribution in [2.45, 2.75) is 6.54 Å². The van der Waals surface area contributed by atoms with Crippen LogP contribution < -0.4 is 5.32 Å². The Bertz CT molecular complexity index is 552. The average molecular weight is 286 g/mol. The van der Waals surface area contributed by atoms with Gasteiger partial charge in [0, 0.05) is 12.2 Å². The largest absolute Gasteiger partial charge is 0.505 e. The molecule has 2 aromatic carbocycles. The molecule has 0 fully saturated rings. The van der Waals surface area contributed by atoms with E-state index in [2.05, 4.69) is 5.32 Å². The minimum absolute atomic E-state index is 0.144. The van der Waals surface area contributed by atoms with Crippen LogP contribution >= 0.6 is 23.2 Å². The third kappa shape index (κ3) is 3.06. The average Bonchev–Trinajstić information content (AvgIpc) is 2.33. The number of nitrogens with one attached hydrogen (secondary N) is 1. The Labute approximate surface area is 114 Å². The second-order valence-corrected chi connectivity index (χ2v) is 4.59. The van der Waals surface area contributed by atoms with E-state index in [1.807, 2.05) is 0 Å². The fraction of sp³-hybridized carbons (Fsp3) is 0.0769. The van der Waals surface area contributed by atoms with Gasteiger partial charge in [0.1, 0.15) is 5.82 Å². The molecule has 0 unspecified atom stereocenters. The number of hydrogen-bond acceptors (Lipinski definition) is 2. The summed E-state index contributed by atoms with van der Waals surface area (Å²) in [6.07, 6.45) is 0. The quantitative estimate of drug-likeness (QED) is 0.817. The molecule has 94 valence electrons. The molecular formula is C13H10Cl2FNO. The number of rotatable bonds is 3. The Morgan fingerprint density at radius 3 is 2.39 bits per heavy atom. The summed E-state index contributed by atoms with van der Waals surface area (Å²) in [4.78, 5) is 0. The lowest BCUT2D eigenvalue weighted by Crippen LogP contribution is -1.99.